The Morgan fingerprint density at radius 3 is 2.24 bits per heavy atom. The van der Waals surface area contributed by atoms with E-state index in [0.29, 0.717) is 51.1 Å². The highest BCUT2D eigenvalue weighted by Gasteiger charge is 2.50. The smallest absolute Gasteiger partial charge is 0.248 e. The third-order valence-electron chi connectivity index (χ3n) is 8.66. The van der Waals surface area contributed by atoms with Crippen molar-refractivity contribution in [1.82, 2.24) is 9.62 Å². The first kappa shape index (κ1) is 24.2. The highest BCUT2D eigenvalue weighted by molar-refractivity contribution is 7.89. The summed E-state index contributed by atoms with van der Waals surface area (Å²) in [6.07, 6.45) is 9.25. The van der Waals surface area contributed by atoms with E-state index in [2.05, 4.69) is 5.32 Å². The average molecular weight is 491 g/mol. The first-order valence-electron chi connectivity index (χ1n) is 13.0. The number of carbonyl (C=O) groups excluding carboxylic acids is 1. The first-order chi connectivity index (χ1) is 16.3. The Hall–Kier alpha value is -1.48. The first-order valence-corrected chi connectivity index (χ1v) is 14.4. The zero-order valence-electron chi connectivity index (χ0n) is 20.0. The maximum absolute atomic E-state index is 12.7. The van der Waals surface area contributed by atoms with E-state index < -0.39 is 16.1 Å². The number of hydrogen-bond acceptors (Lipinski definition) is 5. The molecule has 0 aromatic heterocycles. The normalized spacial score (nSPS) is 32.0. The quantitative estimate of drug-likeness (QED) is 0.555. The van der Waals surface area contributed by atoms with Crippen LogP contribution in [-0.2, 0) is 26.0 Å². The van der Waals surface area contributed by atoms with Gasteiger partial charge in [0.1, 0.15) is 6.10 Å². The molecule has 2 N–H and O–H groups in total. The molecule has 1 unspecified atom stereocenters. The van der Waals surface area contributed by atoms with E-state index in [4.69, 9.17) is 4.74 Å². The highest BCUT2D eigenvalue weighted by atomic mass is 32.2. The van der Waals surface area contributed by atoms with E-state index in [1.165, 1.54) is 42.8 Å². The minimum atomic E-state index is -3.50. The van der Waals surface area contributed by atoms with Gasteiger partial charge in [0.05, 0.1) is 18.1 Å². The van der Waals surface area contributed by atoms with Crippen LogP contribution in [-0.4, -0.2) is 62.7 Å². The predicted molar refractivity (Wildman–Crippen MR) is 129 cm³/mol. The summed E-state index contributed by atoms with van der Waals surface area (Å²) in [6, 6.07) is 6.84. The number of amides is 1. The van der Waals surface area contributed by atoms with Gasteiger partial charge in [0.25, 0.3) is 0 Å². The molecule has 4 saturated carbocycles. The van der Waals surface area contributed by atoms with Gasteiger partial charge in [0.15, 0.2) is 0 Å². The van der Waals surface area contributed by atoms with Crippen LogP contribution in [0.25, 0.3) is 0 Å². The van der Waals surface area contributed by atoms with Crippen LogP contribution in [0.15, 0.2) is 29.2 Å². The van der Waals surface area contributed by atoms with Crippen LogP contribution in [0.1, 0.15) is 56.9 Å². The number of sulfonamides is 1. The molecule has 0 radical (unpaired) electrons. The molecule has 5 fully saturated rings. The van der Waals surface area contributed by atoms with Crippen LogP contribution >= 0.6 is 0 Å². The molecule has 5 aliphatic rings. The molecule has 1 heterocycles. The number of carbonyl (C=O) groups is 1. The second-order valence-corrected chi connectivity index (χ2v) is 13.1. The van der Waals surface area contributed by atoms with Crippen LogP contribution in [0, 0.1) is 23.2 Å². The number of benzene rings is 1. The molecule has 8 heteroatoms. The Labute approximate surface area is 203 Å². The van der Waals surface area contributed by atoms with Gasteiger partial charge < -0.3 is 15.2 Å². The maximum Gasteiger partial charge on any atom is 0.248 e. The van der Waals surface area contributed by atoms with Gasteiger partial charge in [-0.2, -0.15) is 4.31 Å². The molecule has 1 amide bonds. The van der Waals surface area contributed by atoms with Gasteiger partial charge in [-0.1, -0.05) is 12.1 Å². The van der Waals surface area contributed by atoms with Crippen LogP contribution in [0.3, 0.4) is 0 Å². The number of aliphatic hydroxyl groups excluding tert-OH is 1. The van der Waals surface area contributed by atoms with Gasteiger partial charge in [-0.05, 0) is 98.7 Å². The predicted octanol–water partition coefficient (Wildman–Crippen LogP) is 2.72. The third kappa shape index (κ3) is 5.20. The van der Waals surface area contributed by atoms with E-state index in [1.54, 1.807) is 24.3 Å². The van der Waals surface area contributed by atoms with Crippen molar-refractivity contribution in [3.63, 3.8) is 0 Å². The van der Waals surface area contributed by atoms with Crippen molar-refractivity contribution >= 4 is 15.9 Å². The Balaban J connectivity index is 1.06. The number of morpholine rings is 1. The number of nitrogens with zero attached hydrogens (tertiary/aromatic N) is 1. The van der Waals surface area contributed by atoms with Crippen LogP contribution in [0.4, 0.5) is 0 Å². The van der Waals surface area contributed by atoms with Crippen molar-refractivity contribution in [3.05, 3.63) is 29.8 Å². The van der Waals surface area contributed by atoms with E-state index in [1.807, 2.05) is 0 Å². The summed E-state index contributed by atoms with van der Waals surface area (Å²) in [4.78, 5) is 12.7. The monoisotopic (exact) mass is 490 g/mol. The standard InChI is InChI=1S/C26H38N2O5S/c29-24(5-7-26-16-20-13-21(17-26)15-22(14-20)18-26)25(30)27-8-6-19-1-3-23(4-2-19)34(31,32)28-9-11-33-12-10-28/h1-4,20-22,24,29H,5-18H2,(H,27,30). The molecule has 188 valence electrons. The molecule has 0 spiro atoms. The van der Waals surface area contributed by atoms with Gasteiger partial charge in [0, 0.05) is 19.6 Å². The summed E-state index contributed by atoms with van der Waals surface area (Å²) >= 11 is 0. The SMILES string of the molecule is O=C(NCCc1ccc(S(=O)(=O)N2CCOCC2)cc1)C(O)CCC12CC3CC(CC(C3)C1)C2. The molecule has 4 bridgehead atoms. The van der Waals surface area contributed by atoms with Crippen molar-refractivity contribution in [3.8, 4) is 0 Å². The molecule has 1 aromatic carbocycles. The summed E-state index contributed by atoms with van der Waals surface area (Å²) in [5.41, 5.74) is 1.32. The summed E-state index contributed by atoms with van der Waals surface area (Å²) in [5, 5.41) is 13.3. The number of nitrogens with one attached hydrogen (secondary N) is 1. The summed E-state index contributed by atoms with van der Waals surface area (Å²) < 4.78 is 32.1. The van der Waals surface area contributed by atoms with E-state index in [9.17, 15) is 18.3 Å². The molecule has 34 heavy (non-hydrogen) atoms. The zero-order valence-corrected chi connectivity index (χ0v) is 20.8. The minimum Gasteiger partial charge on any atom is -0.383 e. The number of hydrogen-bond donors (Lipinski definition) is 2. The number of ether oxygens (including phenoxy) is 1. The zero-order chi connectivity index (χ0) is 23.8. The van der Waals surface area contributed by atoms with Crippen molar-refractivity contribution in [2.75, 3.05) is 32.8 Å². The van der Waals surface area contributed by atoms with Crippen molar-refractivity contribution in [1.29, 1.82) is 0 Å². The topological polar surface area (TPSA) is 95.9 Å². The van der Waals surface area contributed by atoms with E-state index >= 15 is 0 Å². The number of aliphatic hydroxyl groups is 1. The second kappa shape index (κ2) is 9.88. The fraction of sp³-hybridized carbons (Fsp3) is 0.731. The summed E-state index contributed by atoms with van der Waals surface area (Å²) in [7, 11) is -3.50. The fourth-order valence-electron chi connectivity index (χ4n) is 7.38. The van der Waals surface area contributed by atoms with Gasteiger partial charge in [-0.3, -0.25) is 4.79 Å². The number of rotatable bonds is 9. The molecule has 1 saturated heterocycles. The summed E-state index contributed by atoms with van der Waals surface area (Å²) in [5.74, 6) is 2.35. The van der Waals surface area contributed by atoms with Gasteiger partial charge in [-0.15, -0.1) is 0 Å². The van der Waals surface area contributed by atoms with E-state index in [0.717, 1.165) is 29.7 Å². The lowest BCUT2D eigenvalue weighted by Gasteiger charge is -2.57. The van der Waals surface area contributed by atoms with Gasteiger partial charge >= 0.3 is 0 Å². The molecule has 1 atom stereocenters. The fourth-order valence-corrected chi connectivity index (χ4v) is 8.79. The molecule has 6 rings (SSSR count). The molecule has 4 aliphatic carbocycles. The lowest BCUT2D eigenvalue weighted by molar-refractivity contribution is -0.130. The lowest BCUT2D eigenvalue weighted by Crippen LogP contribution is -2.46. The van der Waals surface area contributed by atoms with Crippen LogP contribution in [0.5, 0.6) is 0 Å². The van der Waals surface area contributed by atoms with Crippen molar-refractivity contribution in [2.24, 2.45) is 23.2 Å². The molecular formula is C26H38N2O5S. The Morgan fingerprint density at radius 2 is 1.65 bits per heavy atom. The average Bonchev–Trinajstić information content (AvgIpc) is 2.82. The maximum atomic E-state index is 12.7. The van der Waals surface area contributed by atoms with E-state index in [-0.39, 0.29) is 10.8 Å². The van der Waals surface area contributed by atoms with Crippen LogP contribution < -0.4 is 5.32 Å². The van der Waals surface area contributed by atoms with Crippen molar-refractivity contribution in [2.45, 2.75) is 68.8 Å². The van der Waals surface area contributed by atoms with Crippen molar-refractivity contribution < 1.29 is 23.1 Å². The Kier molecular flexibility index (Phi) is 7.04. The molecular weight excluding hydrogens is 452 g/mol. The largest absolute Gasteiger partial charge is 0.383 e. The van der Waals surface area contributed by atoms with Crippen LogP contribution in [0.2, 0.25) is 0 Å². The third-order valence-corrected chi connectivity index (χ3v) is 10.6. The molecule has 1 aliphatic heterocycles. The molecule has 1 aromatic rings. The highest BCUT2D eigenvalue weighted by Crippen LogP contribution is 2.61. The molecule has 7 nitrogen and oxygen atoms in total. The second-order valence-electron chi connectivity index (χ2n) is 11.2. The Morgan fingerprint density at radius 1 is 1.06 bits per heavy atom. The summed E-state index contributed by atoms with van der Waals surface area (Å²) in [6.45, 7) is 2.02. The minimum absolute atomic E-state index is 0.280. The van der Waals surface area contributed by atoms with Gasteiger partial charge in [0.2, 0.25) is 15.9 Å². The lowest BCUT2D eigenvalue weighted by atomic mass is 9.48. The van der Waals surface area contributed by atoms with Gasteiger partial charge in [-0.25, -0.2) is 8.42 Å². The Bertz CT molecular complexity index is 936.